The van der Waals surface area contributed by atoms with E-state index >= 15 is 0 Å². The monoisotopic (exact) mass is 396 g/mol. The van der Waals surface area contributed by atoms with Crippen LogP contribution in [0.1, 0.15) is 26.3 Å². The van der Waals surface area contributed by atoms with Crippen LogP contribution < -0.4 is 10.1 Å². The van der Waals surface area contributed by atoms with Crippen molar-refractivity contribution in [3.8, 4) is 17.6 Å². The number of nitrogens with one attached hydrogen (secondary N) is 1. The molecule has 1 heterocycles. The molecule has 1 aromatic rings. The zero-order valence-corrected chi connectivity index (χ0v) is 17.0. The summed E-state index contributed by atoms with van der Waals surface area (Å²) in [5.74, 6) is 5.60. The van der Waals surface area contributed by atoms with Crippen LogP contribution in [0.5, 0.6) is 5.75 Å². The van der Waals surface area contributed by atoms with Crippen LogP contribution >= 0.6 is 0 Å². The third-order valence-electron chi connectivity index (χ3n) is 4.50. The topological polar surface area (TPSA) is 99.1 Å². The number of ether oxygens (including phenoxy) is 1. The first-order valence-corrected chi connectivity index (χ1v) is 10.4. The molecule has 3 N–H and O–H groups in total. The van der Waals surface area contributed by atoms with Crippen LogP contribution in [-0.2, 0) is 10.0 Å². The number of nitrogens with zero attached hydrogens (tertiary/aromatic N) is 1. The molecule has 0 radical (unpaired) electrons. The van der Waals surface area contributed by atoms with Crippen LogP contribution in [0.3, 0.4) is 0 Å². The lowest BCUT2D eigenvalue weighted by Crippen LogP contribution is -2.49. The van der Waals surface area contributed by atoms with Crippen molar-refractivity contribution < 1.29 is 23.4 Å². The molecular weight excluding hydrogens is 368 g/mol. The van der Waals surface area contributed by atoms with Gasteiger partial charge in [-0.15, -0.1) is 0 Å². The second kappa shape index (κ2) is 9.04. The van der Waals surface area contributed by atoms with E-state index in [0.29, 0.717) is 12.1 Å². The number of hydrogen-bond donors (Lipinski definition) is 3. The largest absolute Gasteiger partial charge is 0.487 e. The number of sulfonamides is 1. The first-order valence-electron chi connectivity index (χ1n) is 8.98. The molecule has 0 spiro atoms. The number of benzene rings is 1. The SMILES string of the molecule is CNC[C@@H]1Oc2cc(C#C[C@H](C)O)ccc2S(=O)(=O)N([C@H](C)CO)C[C@H]1C. The molecule has 1 aliphatic rings. The molecule has 0 aliphatic carbocycles. The van der Waals surface area contributed by atoms with Crippen LogP contribution in [0, 0.1) is 17.8 Å². The average Bonchev–Trinajstić information content (AvgIpc) is 2.62. The van der Waals surface area contributed by atoms with E-state index in [1.807, 2.05) is 14.0 Å². The number of fused-ring (bicyclic) bond motifs is 1. The van der Waals surface area contributed by atoms with Gasteiger partial charge in [0.1, 0.15) is 22.9 Å². The fraction of sp³-hybridized carbons (Fsp3) is 0.579. The predicted molar refractivity (Wildman–Crippen MR) is 103 cm³/mol. The lowest BCUT2D eigenvalue weighted by molar-refractivity contribution is 0.103. The van der Waals surface area contributed by atoms with E-state index in [9.17, 15) is 18.6 Å². The standard InChI is InChI=1S/C19H28N2O5S/c1-13-11-21(14(2)12-22)27(24,25)19-8-7-16(6-5-15(3)23)9-17(19)26-18(13)10-20-4/h7-9,13-15,18,20,22-23H,10-12H2,1-4H3/t13-,14-,15+,18+/m1/s1. The summed E-state index contributed by atoms with van der Waals surface area (Å²) in [5.41, 5.74) is 0.558. The Morgan fingerprint density at radius 1 is 1.41 bits per heavy atom. The first kappa shape index (κ1) is 21.7. The fourth-order valence-electron chi connectivity index (χ4n) is 2.94. The van der Waals surface area contributed by atoms with Crippen LogP contribution in [0.4, 0.5) is 0 Å². The van der Waals surface area contributed by atoms with Crippen LogP contribution in [-0.4, -0.2) is 67.9 Å². The van der Waals surface area contributed by atoms with Gasteiger partial charge in [-0.05, 0) is 39.1 Å². The van der Waals surface area contributed by atoms with E-state index < -0.39 is 22.2 Å². The number of rotatable bonds is 4. The van der Waals surface area contributed by atoms with Crippen molar-refractivity contribution in [1.29, 1.82) is 0 Å². The predicted octanol–water partition coefficient (Wildman–Crippen LogP) is 0.407. The number of aliphatic hydroxyl groups excluding tert-OH is 2. The van der Waals surface area contributed by atoms with Crippen molar-refractivity contribution in [3.63, 3.8) is 0 Å². The molecule has 0 unspecified atom stereocenters. The van der Waals surface area contributed by atoms with Gasteiger partial charge >= 0.3 is 0 Å². The smallest absolute Gasteiger partial charge is 0.247 e. The zero-order chi connectivity index (χ0) is 20.2. The van der Waals surface area contributed by atoms with Gasteiger partial charge in [0, 0.05) is 30.6 Å². The van der Waals surface area contributed by atoms with Crippen molar-refractivity contribution >= 4 is 10.0 Å². The maximum atomic E-state index is 13.2. The molecule has 27 heavy (non-hydrogen) atoms. The summed E-state index contributed by atoms with van der Waals surface area (Å²) in [6.45, 7) is 5.70. The van der Waals surface area contributed by atoms with Crippen LogP contribution in [0.15, 0.2) is 23.1 Å². The highest BCUT2D eigenvalue weighted by molar-refractivity contribution is 7.89. The molecule has 0 saturated carbocycles. The molecule has 2 rings (SSSR count). The molecule has 150 valence electrons. The summed E-state index contributed by atoms with van der Waals surface area (Å²) in [6, 6.07) is 4.10. The fourth-order valence-corrected chi connectivity index (χ4v) is 4.76. The second-order valence-corrected chi connectivity index (χ2v) is 8.76. The van der Waals surface area contributed by atoms with Gasteiger partial charge in [-0.2, -0.15) is 4.31 Å². The maximum absolute atomic E-state index is 13.2. The minimum absolute atomic E-state index is 0.0541. The third-order valence-corrected chi connectivity index (χ3v) is 6.52. The van der Waals surface area contributed by atoms with Gasteiger partial charge in [-0.25, -0.2) is 8.42 Å². The molecule has 8 heteroatoms. The lowest BCUT2D eigenvalue weighted by atomic mass is 10.0. The van der Waals surface area contributed by atoms with Gasteiger partial charge in [0.05, 0.1) is 6.61 Å². The Morgan fingerprint density at radius 3 is 2.70 bits per heavy atom. The Labute approximate surface area is 161 Å². The molecular formula is C19H28N2O5S. The molecule has 1 aromatic carbocycles. The van der Waals surface area contributed by atoms with Crippen molar-refractivity contribution in [2.24, 2.45) is 5.92 Å². The Hall–Kier alpha value is -1.63. The van der Waals surface area contributed by atoms with E-state index in [1.165, 1.54) is 10.4 Å². The summed E-state index contributed by atoms with van der Waals surface area (Å²) in [5, 5.41) is 22.0. The van der Waals surface area contributed by atoms with Crippen LogP contribution in [0.2, 0.25) is 0 Å². The van der Waals surface area contributed by atoms with E-state index in [-0.39, 0.29) is 35.8 Å². The Balaban J connectivity index is 2.60. The van der Waals surface area contributed by atoms with Crippen molar-refractivity contribution in [2.75, 3.05) is 26.7 Å². The average molecular weight is 397 g/mol. The molecule has 0 saturated heterocycles. The van der Waals surface area contributed by atoms with E-state index in [0.717, 1.165) is 0 Å². The van der Waals surface area contributed by atoms with Crippen molar-refractivity contribution in [1.82, 2.24) is 9.62 Å². The highest BCUT2D eigenvalue weighted by atomic mass is 32.2. The summed E-state index contributed by atoms with van der Waals surface area (Å²) in [6.07, 6.45) is -1.03. The molecule has 4 atom stereocenters. The molecule has 0 aromatic heterocycles. The van der Waals surface area contributed by atoms with Gasteiger partial charge in [0.25, 0.3) is 0 Å². The first-order chi connectivity index (χ1) is 12.7. The van der Waals surface area contributed by atoms with E-state index in [2.05, 4.69) is 17.2 Å². The Kier molecular flexibility index (Phi) is 7.25. The quantitative estimate of drug-likeness (QED) is 0.638. The maximum Gasteiger partial charge on any atom is 0.247 e. The Morgan fingerprint density at radius 2 is 2.11 bits per heavy atom. The number of aliphatic hydroxyl groups is 2. The second-order valence-electron chi connectivity index (χ2n) is 6.90. The van der Waals surface area contributed by atoms with Crippen molar-refractivity contribution in [2.45, 2.75) is 43.9 Å². The summed E-state index contributed by atoms with van der Waals surface area (Å²) in [4.78, 5) is 0.0541. The molecule has 7 nitrogen and oxygen atoms in total. The summed E-state index contributed by atoms with van der Waals surface area (Å²) in [7, 11) is -2.03. The normalized spacial score (nSPS) is 24.4. The summed E-state index contributed by atoms with van der Waals surface area (Å²) >= 11 is 0. The van der Waals surface area contributed by atoms with Crippen molar-refractivity contribution in [3.05, 3.63) is 23.8 Å². The van der Waals surface area contributed by atoms with E-state index in [1.54, 1.807) is 26.0 Å². The molecule has 1 aliphatic heterocycles. The number of hydrogen-bond acceptors (Lipinski definition) is 6. The lowest BCUT2D eigenvalue weighted by Gasteiger charge is -2.36. The third kappa shape index (κ3) is 5.00. The van der Waals surface area contributed by atoms with Gasteiger partial charge < -0.3 is 20.3 Å². The molecule has 0 amide bonds. The highest BCUT2D eigenvalue weighted by Crippen LogP contribution is 2.33. The van der Waals surface area contributed by atoms with Gasteiger partial charge in [-0.1, -0.05) is 18.8 Å². The molecule has 0 bridgehead atoms. The van der Waals surface area contributed by atoms with Gasteiger partial charge in [0.15, 0.2) is 0 Å². The molecule has 0 fully saturated rings. The minimum Gasteiger partial charge on any atom is -0.487 e. The van der Waals surface area contributed by atoms with Gasteiger partial charge in [-0.3, -0.25) is 0 Å². The van der Waals surface area contributed by atoms with E-state index in [4.69, 9.17) is 4.74 Å². The number of likely N-dealkylation sites (N-methyl/N-ethyl adjacent to an activating group) is 1. The minimum atomic E-state index is -3.84. The Bertz CT molecular complexity index is 813. The van der Waals surface area contributed by atoms with Gasteiger partial charge in [0.2, 0.25) is 10.0 Å². The zero-order valence-electron chi connectivity index (χ0n) is 16.1. The van der Waals surface area contributed by atoms with Crippen LogP contribution in [0.25, 0.3) is 0 Å². The highest BCUT2D eigenvalue weighted by Gasteiger charge is 2.37. The summed E-state index contributed by atoms with van der Waals surface area (Å²) < 4.78 is 33.8.